The maximum atomic E-state index is 9.07. The van der Waals surface area contributed by atoms with Gasteiger partial charge in [-0.15, -0.1) is 0 Å². The highest BCUT2D eigenvalue weighted by molar-refractivity contribution is 6.30. The molecule has 0 saturated heterocycles. The van der Waals surface area contributed by atoms with E-state index in [2.05, 4.69) is 11.4 Å². The van der Waals surface area contributed by atoms with Gasteiger partial charge in [-0.3, -0.25) is 0 Å². The zero-order valence-electron chi connectivity index (χ0n) is 10.5. The molecule has 0 unspecified atom stereocenters. The van der Waals surface area contributed by atoms with Gasteiger partial charge < -0.3 is 10.1 Å². The minimum Gasteiger partial charge on any atom is -0.494 e. The predicted molar refractivity (Wildman–Crippen MR) is 77.1 cm³/mol. The molecule has 0 aliphatic carbocycles. The predicted octanol–water partition coefficient (Wildman–Crippen LogP) is 4.35. The number of halogens is 1. The quantitative estimate of drug-likeness (QED) is 0.900. The highest BCUT2D eigenvalue weighted by Gasteiger charge is 2.04. The molecule has 4 heteroatoms. The van der Waals surface area contributed by atoms with Crippen LogP contribution in [0.15, 0.2) is 42.5 Å². The minimum absolute atomic E-state index is 0.547. The van der Waals surface area contributed by atoms with Crippen molar-refractivity contribution in [1.82, 2.24) is 0 Å². The Bertz CT molecular complexity index is 620. The van der Waals surface area contributed by atoms with Crippen LogP contribution in [0.4, 0.5) is 11.4 Å². The lowest BCUT2D eigenvalue weighted by Gasteiger charge is -2.10. The van der Waals surface area contributed by atoms with Gasteiger partial charge in [-0.2, -0.15) is 5.26 Å². The van der Waals surface area contributed by atoms with Crippen molar-refractivity contribution in [3.8, 4) is 11.8 Å². The Morgan fingerprint density at radius 3 is 2.84 bits per heavy atom. The number of hydrogen-bond donors (Lipinski definition) is 1. The lowest BCUT2D eigenvalue weighted by atomic mass is 10.2. The largest absolute Gasteiger partial charge is 0.494 e. The van der Waals surface area contributed by atoms with Crippen LogP contribution in [0.3, 0.4) is 0 Å². The molecule has 0 radical (unpaired) electrons. The number of nitrogens with zero attached hydrogens (tertiary/aromatic N) is 1. The smallest absolute Gasteiger partial charge is 0.121 e. The van der Waals surface area contributed by atoms with E-state index in [1.165, 1.54) is 0 Å². The summed E-state index contributed by atoms with van der Waals surface area (Å²) in [6, 6.07) is 14.8. The van der Waals surface area contributed by atoms with Crippen LogP contribution in [0, 0.1) is 11.3 Å². The molecular formula is C15H13ClN2O. The molecule has 0 amide bonds. The number of anilines is 2. The number of ether oxygens (including phenoxy) is 1. The van der Waals surface area contributed by atoms with Crippen LogP contribution in [0.2, 0.25) is 5.02 Å². The molecule has 0 aromatic heterocycles. The first-order valence-corrected chi connectivity index (χ1v) is 6.30. The highest BCUT2D eigenvalue weighted by atomic mass is 35.5. The molecule has 1 N–H and O–H groups in total. The molecule has 0 heterocycles. The average Bonchev–Trinajstić information content (AvgIpc) is 2.40. The number of nitrogens with one attached hydrogen (secondary N) is 1. The molecule has 19 heavy (non-hydrogen) atoms. The summed E-state index contributed by atoms with van der Waals surface area (Å²) < 4.78 is 5.43. The first-order chi connectivity index (χ1) is 9.22. The summed E-state index contributed by atoms with van der Waals surface area (Å²) in [5.74, 6) is 0.785. The molecule has 0 fully saturated rings. The summed E-state index contributed by atoms with van der Waals surface area (Å²) in [5, 5.41) is 12.8. The zero-order valence-corrected chi connectivity index (χ0v) is 11.2. The maximum Gasteiger partial charge on any atom is 0.121 e. The number of nitriles is 1. The molecule has 0 aliphatic heterocycles. The summed E-state index contributed by atoms with van der Waals surface area (Å²) in [5.41, 5.74) is 2.08. The highest BCUT2D eigenvalue weighted by Crippen LogP contribution is 2.26. The second-order valence-corrected chi connectivity index (χ2v) is 4.32. The van der Waals surface area contributed by atoms with Crippen molar-refractivity contribution < 1.29 is 4.74 Å². The third-order valence-corrected chi connectivity index (χ3v) is 2.76. The lowest BCUT2D eigenvalue weighted by molar-refractivity contribution is 0.340. The summed E-state index contributed by atoms with van der Waals surface area (Å²) in [6.45, 7) is 2.55. The Hall–Kier alpha value is -2.18. The van der Waals surface area contributed by atoms with Gasteiger partial charge >= 0.3 is 0 Å². The van der Waals surface area contributed by atoms with Crippen LogP contribution < -0.4 is 10.1 Å². The summed E-state index contributed by atoms with van der Waals surface area (Å²) >= 11 is 5.95. The van der Waals surface area contributed by atoms with Gasteiger partial charge in [0.1, 0.15) is 11.8 Å². The van der Waals surface area contributed by atoms with Crippen molar-refractivity contribution >= 4 is 23.0 Å². The second kappa shape index (κ2) is 6.12. The SMILES string of the molecule is CCOc1cccc(Nc2cc(Cl)ccc2C#N)c1. The number of benzene rings is 2. The number of hydrogen-bond acceptors (Lipinski definition) is 3. The van der Waals surface area contributed by atoms with Gasteiger partial charge in [0.15, 0.2) is 0 Å². The third kappa shape index (κ3) is 3.40. The van der Waals surface area contributed by atoms with Crippen LogP contribution in [-0.2, 0) is 0 Å². The van der Waals surface area contributed by atoms with E-state index >= 15 is 0 Å². The fourth-order valence-corrected chi connectivity index (χ4v) is 1.88. The van der Waals surface area contributed by atoms with E-state index in [1.54, 1.807) is 18.2 Å². The van der Waals surface area contributed by atoms with E-state index in [0.717, 1.165) is 11.4 Å². The summed E-state index contributed by atoms with van der Waals surface area (Å²) in [7, 11) is 0. The molecule has 2 aromatic carbocycles. The molecule has 2 aromatic rings. The lowest BCUT2D eigenvalue weighted by Crippen LogP contribution is -1.95. The Morgan fingerprint density at radius 2 is 2.11 bits per heavy atom. The molecule has 0 atom stereocenters. The summed E-state index contributed by atoms with van der Waals surface area (Å²) in [6.07, 6.45) is 0. The monoisotopic (exact) mass is 272 g/mol. The van der Waals surface area contributed by atoms with E-state index in [9.17, 15) is 0 Å². The molecule has 0 aliphatic rings. The molecule has 0 saturated carbocycles. The van der Waals surface area contributed by atoms with Crippen LogP contribution in [-0.4, -0.2) is 6.61 Å². The van der Waals surface area contributed by atoms with Gasteiger partial charge in [0.05, 0.1) is 17.9 Å². The molecule has 0 bridgehead atoms. The van der Waals surface area contributed by atoms with Gasteiger partial charge in [0.25, 0.3) is 0 Å². The van der Waals surface area contributed by atoms with Crippen LogP contribution >= 0.6 is 11.6 Å². The van der Waals surface area contributed by atoms with Crippen molar-refractivity contribution in [2.24, 2.45) is 0 Å². The summed E-state index contributed by atoms with van der Waals surface area (Å²) in [4.78, 5) is 0. The van der Waals surface area contributed by atoms with Crippen molar-refractivity contribution in [2.75, 3.05) is 11.9 Å². The van der Waals surface area contributed by atoms with E-state index in [4.69, 9.17) is 21.6 Å². The van der Waals surface area contributed by atoms with Gasteiger partial charge in [-0.1, -0.05) is 17.7 Å². The van der Waals surface area contributed by atoms with E-state index < -0.39 is 0 Å². The number of rotatable bonds is 4. The molecule has 0 spiro atoms. The van der Waals surface area contributed by atoms with E-state index in [1.807, 2.05) is 31.2 Å². The fraction of sp³-hybridized carbons (Fsp3) is 0.133. The minimum atomic E-state index is 0.547. The topological polar surface area (TPSA) is 45.0 Å². The van der Waals surface area contributed by atoms with Crippen molar-refractivity contribution in [1.29, 1.82) is 5.26 Å². The first kappa shape index (κ1) is 13.3. The van der Waals surface area contributed by atoms with E-state index in [-0.39, 0.29) is 0 Å². The van der Waals surface area contributed by atoms with Crippen molar-refractivity contribution in [3.63, 3.8) is 0 Å². The van der Waals surface area contributed by atoms with Gasteiger partial charge in [0, 0.05) is 16.8 Å². The second-order valence-electron chi connectivity index (χ2n) is 3.89. The van der Waals surface area contributed by atoms with Crippen molar-refractivity contribution in [2.45, 2.75) is 6.92 Å². The first-order valence-electron chi connectivity index (χ1n) is 5.92. The maximum absolute atomic E-state index is 9.07. The fourth-order valence-electron chi connectivity index (χ4n) is 1.70. The zero-order chi connectivity index (χ0) is 13.7. The Labute approximate surface area is 117 Å². The standard InChI is InChI=1S/C15H13ClN2O/c1-2-19-14-5-3-4-13(9-14)18-15-8-12(16)7-6-11(15)10-17/h3-9,18H,2H2,1H3. The Kier molecular flexibility index (Phi) is 4.27. The van der Waals surface area contributed by atoms with Crippen LogP contribution in [0.1, 0.15) is 12.5 Å². The molecule has 2 rings (SSSR count). The molecule has 3 nitrogen and oxygen atoms in total. The van der Waals surface area contributed by atoms with Crippen molar-refractivity contribution in [3.05, 3.63) is 53.1 Å². The molecule has 96 valence electrons. The third-order valence-electron chi connectivity index (χ3n) is 2.53. The average molecular weight is 273 g/mol. The molecular weight excluding hydrogens is 260 g/mol. The van der Waals surface area contributed by atoms with Crippen LogP contribution in [0.5, 0.6) is 5.75 Å². The van der Waals surface area contributed by atoms with Gasteiger partial charge in [0.2, 0.25) is 0 Å². The van der Waals surface area contributed by atoms with E-state index in [0.29, 0.717) is 22.9 Å². The Morgan fingerprint density at radius 1 is 1.26 bits per heavy atom. The Balaban J connectivity index is 2.28. The van der Waals surface area contributed by atoms with Crippen LogP contribution in [0.25, 0.3) is 0 Å². The van der Waals surface area contributed by atoms with Gasteiger partial charge in [-0.25, -0.2) is 0 Å². The normalized spacial score (nSPS) is 9.74. The van der Waals surface area contributed by atoms with Gasteiger partial charge in [-0.05, 0) is 37.3 Å².